The average molecular weight is 287 g/mol. The molecule has 0 aliphatic carbocycles. The zero-order valence-electron chi connectivity index (χ0n) is 12.5. The Hall–Kier alpha value is -0.580. The number of hydrogen-bond donors (Lipinski definition) is 2. The van der Waals surface area contributed by atoms with Gasteiger partial charge in [-0.1, -0.05) is 38.8 Å². The minimum Gasteiger partial charge on any atom is -0.271 e. The SMILES string of the molecule is CCCC(C)C(Cc1c(Cl)c(CC)nn1CC)NN. The Kier molecular flexibility index (Phi) is 6.83. The summed E-state index contributed by atoms with van der Waals surface area (Å²) in [6, 6.07) is 0.240. The number of nitrogens with one attached hydrogen (secondary N) is 1. The van der Waals surface area contributed by atoms with Crippen LogP contribution in [0.3, 0.4) is 0 Å². The summed E-state index contributed by atoms with van der Waals surface area (Å²) in [5.74, 6) is 6.23. The molecule has 19 heavy (non-hydrogen) atoms. The summed E-state index contributed by atoms with van der Waals surface area (Å²) in [7, 11) is 0. The number of halogens is 1. The summed E-state index contributed by atoms with van der Waals surface area (Å²) >= 11 is 6.44. The monoisotopic (exact) mass is 286 g/mol. The number of hydrogen-bond acceptors (Lipinski definition) is 3. The Morgan fingerprint density at radius 2 is 2.05 bits per heavy atom. The minimum atomic E-state index is 0.240. The summed E-state index contributed by atoms with van der Waals surface area (Å²) in [4.78, 5) is 0. The fourth-order valence-electron chi connectivity index (χ4n) is 2.50. The van der Waals surface area contributed by atoms with E-state index in [1.54, 1.807) is 0 Å². The lowest BCUT2D eigenvalue weighted by Crippen LogP contribution is -2.42. The first-order valence-electron chi connectivity index (χ1n) is 7.29. The maximum absolute atomic E-state index is 6.44. The molecule has 4 nitrogen and oxygen atoms in total. The molecule has 1 aromatic rings. The Balaban J connectivity index is 2.92. The van der Waals surface area contributed by atoms with Crippen LogP contribution in [0.1, 0.15) is 51.9 Å². The first kappa shape index (κ1) is 16.5. The molecule has 0 radical (unpaired) electrons. The van der Waals surface area contributed by atoms with Crippen LogP contribution in [0.5, 0.6) is 0 Å². The highest BCUT2D eigenvalue weighted by molar-refractivity contribution is 6.31. The Morgan fingerprint density at radius 1 is 1.37 bits per heavy atom. The van der Waals surface area contributed by atoms with E-state index >= 15 is 0 Å². The molecule has 0 aliphatic rings. The average Bonchev–Trinajstić information content (AvgIpc) is 2.72. The first-order valence-corrected chi connectivity index (χ1v) is 7.66. The van der Waals surface area contributed by atoms with Gasteiger partial charge in [0.15, 0.2) is 0 Å². The summed E-state index contributed by atoms with van der Waals surface area (Å²) in [6.45, 7) is 9.44. The second-order valence-corrected chi connectivity index (χ2v) is 5.50. The molecule has 0 saturated carbocycles. The lowest BCUT2D eigenvalue weighted by Gasteiger charge is -2.23. The number of aryl methyl sites for hydroxylation is 2. The van der Waals surface area contributed by atoms with Crippen molar-refractivity contribution in [3.8, 4) is 0 Å². The number of rotatable bonds is 8. The molecule has 2 atom stereocenters. The van der Waals surface area contributed by atoms with Gasteiger partial charge in [-0.3, -0.25) is 16.0 Å². The van der Waals surface area contributed by atoms with E-state index < -0.39 is 0 Å². The third kappa shape index (κ3) is 3.94. The lowest BCUT2D eigenvalue weighted by molar-refractivity contribution is 0.350. The van der Waals surface area contributed by atoms with Crippen LogP contribution < -0.4 is 11.3 Å². The van der Waals surface area contributed by atoms with Crippen LogP contribution in [0.15, 0.2) is 0 Å². The third-order valence-electron chi connectivity index (χ3n) is 3.75. The largest absolute Gasteiger partial charge is 0.271 e. The lowest BCUT2D eigenvalue weighted by atomic mass is 9.93. The van der Waals surface area contributed by atoms with Crippen LogP contribution in [0.25, 0.3) is 0 Å². The van der Waals surface area contributed by atoms with Crippen molar-refractivity contribution in [3.63, 3.8) is 0 Å². The van der Waals surface area contributed by atoms with Crippen LogP contribution in [0.2, 0.25) is 5.02 Å². The van der Waals surface area contributed by atoms with Crippen molar-refractivity contribution < 1.29 is 0 Å². The van der Waals surface area contributed by atoms with Crippen molar-refractivity contribution in [1.82, 2.24) is 15.2 Å². The van der Waals surface area contributed by atoms with E-state index in [9.17, 15) is 0 Å². The second kappa shape index (κ2) is 7.88. The fraction of sp³-hybridized carbons (Fsp3) is 0.786. The highest BCUT2D eigenvalue weighted by Gasteiger charge is 2.21. The molecule has 1 heterocycles. The third-order valence-corrected chi connectivity index (χ3v) is 4.19. The van der Waals surface area contributed by atoms with Crippen LogP contribution in [-0.4, -0.2) is 15.8 Å². The maximum atomic E-state index is 6.44. The normalized spacial score (nSPS) is 14.6. The van der Waals surface area contributed by atoms with E-state index in [1.807, 2.05) is 4.68 Å². The van der Waals surface area contributed by atoms with Gasteiger partial charge in [-0.15, -0.1) is 0 Å². The standard InChI is InChI=1S/C14H27ClN4/c1-5-8-10(4)12(17-16)9-13-14(15)11(6-2)18-19(13)7-3/h10,12,17H,5-9,16H2,1-4H3. The molecule has 0 aromatic carbocycles. The maximum Gasteiger partial charge on any atom is 0.0850 e. The van der Waals surface area contributed by atoms with E-state index in [0.29, 0.717) is 5.92 Å². The summed E-state index contributed by atoms with van der Waals surface area (Å²) in [5, 5.41) is 5.37. The van der Waals surface area contributed by atoms with Crippen molar-refractivity contribution in [2.24, 2.45) is 11.8 Å². The van der Waals surface area contributed by atoms with Crippen molar-refractivity contribution in [2.45, 2.75) is 66.0 Å². The van der Waals surface area contributed by atoms with Gasteiger partial charge in [0.2, 0.25) is 0 Å². The van der Waals surface area contributed by atoms with E-state index in [2.05, 4.69) is 38.2 Å². The summed E-state index contributed by atoms with van der Waals surface area (Å²) < 4.78 is 2.00. The van der Waals surface area contributed by atoms with Crippen LogP contribution >= 0.6 is 11.6 Å². The molecule has 110 valence electrons. The number of hydrazine groups is 1. The fourth-order valence-corrected chi connectivity index (χ4v) is 2.85. The topological polar surface area (TPSA) is 55.9 Å². The molecule has 0 aliphatic heterocycles. The molecule has 1 aromatic heterocycles. The molecule has 0 bridgehead atoms. The van der Waals surface area contributed by atoms with Gasteiger partial charge >= 0.3 is 0 Å². The quantitative estimate of drug-likeness (QED) is 0.571. The molecule has 0 fully saturated rings. The van der Waals surface area contributed by atoms with Gasteiger partial charge in [0, 0.05) is 19.0 Å². The summed E-state index contributed by atoms with van der Waals surface area (Å²) in [5.41, 5.74) is 5.03. The zero-order valence-corrected chi connectivity index (χ0v) is 13.3. The predicted octanol–water partition coefficient (Wildman–Crippen LogP) is 2.93. The molecule has 3 N–H and O–H groups in total. The molecule has 0 spiro atoms. The first-order chi connectivity index (χ1) is 9.08. The van der Waals surface area contributed by atoms with E-state index in [0.717, 1.165) is 42.2 Å². The van der Waals surface area contributed by atoms with Crippen LogP contribution in [-0.2, 0) is 19.4 Å². The molecule has 0 saturated heterocycles. The van der Waals surface area contributed by atoms with E-state index in [-0.39, 0.29) is 6.04 Å². The van der Waals surface area contributed by atoms with Gasteiger partial charge in [0.05, 0.1) is 16.4 Å². The highest BCUT2D eigenvalue weighted by atomic mass is 35.5. The minimum absolute atomic E-state index is 0.240. The smallest absolute Gasteiger partial charge is 0.0850 e. The molecular weight excluding hydrogens is 260 g/mol. The van der Waals surface area contributed by atoms with Crippen molar-refractivity contribution in [3.05, 3.63) is 16.4 Å². The zero-order chi connectivity index (χ0) is 14.4. The number of nitrogens with zero attached hydrogens (tertiary/aromatic N) is 2. The number of aromatic nitrogens is 2. The Labute approximate surface area is 121 Å². The van der Waals surface area contributed by atoms with Crippen molar-refractivity contribution in [2.75, 3.05) is 0 Å². The van der Waals surface area contributed by atoms with Gasteiger partial charge in [-0.2, -0.15) is 5.10 Å². The van der Waals surface area contributed by atoms with Crippen molar-refractivity contribution >= 4 is 11.6 Å². The van der Waals surface area contributed by atoms with Gasteiger partial charge in [-0.25, -0.2) is 0 Å². The summed E-state index contributed by atoms with van der Waals surface area (Å²) in [6.07, 6.45) is 4.02. The van der Waals surface area contributed by atoms with E-state index in [4.69, 9.17) is 17.4 Å². The van der Waals surface area contributed by atoms with Gasteiger partial charge in [-0.05, 0) is 25.7 Å². The van der Waals surface area contributed by atoms with E-state index in [1.165, 1.54) is 6.42 Å². The Bertz CT molecular complexity index is 389. The predicted molar refractivity (Wildman–Crippen MR) is 81.2 cm³/mol. The van der Waals surface area contributed by atoms with Gasteiger partial charge in [0.25, 0.3) is 0 Å². The number of nitrogens with two attached hydrogens (primary N) is 1. The highest BCUT2D eigenvalue weighted by Crippen LogP contribution is 2.25. The Morgan fingerprint density at radius 3 is 2.53 bits per heavy atom. The van der Waals surface area contributed by atoms with Crippen molar-refractivity contribution in [1.29, 1.82) is 0 Å². The molecule has 1 rings (SSSR count). The molecule has 2 unspecified atom stereocenters. The van der Waals surface area contributed by atoms with Crippen LogP contribution in [0.4, 0.5) is 0 Å². The van der Waals surface area contributed by atoms with Crippen LogP contribution in [0, 0.1) is 5.92 Å². The van der Waals surface area contributed by atoms with Gasteiger partial charge in [0.1, 0.15) is 0 Å². The second-order valence-electron chi connectivity index (χ2n) is 5.12. The molecular formula is C14H27ClN4. The molecule has 5 heteroatoms. The molecule has 0 amide bonds. The van der Waals surface area contributed by atoms with Gasteiger partial charge < -0.3 is 0 Å².